The van der Waals surface area contributed by atoms with Crippen molar-refractivity contribution in [3.05, 3.63) is 17.0 Å². The summed E-state index contributed by atoms with van der Waals surface area (Å²) in [5.74, 6) is 1.56. The lowest BCUT2D eigenvalue weighted by Crippen LogP contribution is -2.53. The van der Waals surface area contributed by atoms with Gasteiger partial charge in [0.05, 0.1) is 11.6 Å². The molecule has 3 fully saturated rings. The molecule has 2 N–H and O–H groups in total. The van der Waals surface area contributed by atoms with Gasteiger partial charge in [0.25, 0.3) is 0 Å². The molecular formula is C19H34Cl3N5O. The molecule has 0 radical (unpaired) electrons. The van der Waals surface area contributed by atoms with Gasteiger partial charge in [-0.15, -0.1) is 37.2 Å². The maximum absolute atomic E-state index is 13.0. The van der Waals surface area contributed by atoms with Gasteiger partial charge in [0.15, 0.2) is 0 Å². The Morgan fingerprint density at radius 2 is 1.68 bits per heavy atom. The molecule has 162 valence electrons. The normalized spacial score (nSPS) is 29.1. The number of fused-ring (bicyclic) bond motifs is 2. The molecule has 4 unspecified atom stereocenters. The van der Waals surface area contributed by atoms with Gasteiger partial charge in [0.1, 0.15) is 0 Å². The smallest absolute Gasteiger partial charge is 0.227 e. The summed E-state index contributed by atoms with van der Waals surface area (Å²) in [6.45, 7) is 8.69. The zero-order chi connectivity index (χ0) is 17.7. The number of hydrogen-bond acceptors (Lipinski definition) is 4. The van der Waals surface area contributed by atoms with Crippen molar-refractivity contribution >= 4 is 43.1 Å². The van der Waals surface area contributed by atoms with E-state index in [1.54, 1.807) is 0 Å². The van der Waals surface area contributed by atoms with E-state index in [-0.39, 0.29) is 49.2 Å². The molecule has 2 heterocycles. The van der Waals surface area contributed by atoms with Crippen LogP contribution in [0, 0.1) is 31.6 Å². The molecular weight excluding hydrogens is 421 g/mol. The molecule has 1 aliphatic heterocycles. The summed E-state index contributed by atoms with van der Waals surface area (Å²) in [4.78, 5) is 17.5. The van der Waals surface area contributed by atoms with E-state index in [0.29, 0.717) is 17.7 Å². The highest BCUT2D eigenvalue weighted by Gasteiger charge is 2.50. The zero-order valence-electron chi connectivity index (χ0n) is 17.0. The Morgan fingerprint density at radius 3 is 2.18 bits per heavy atom. The number of aryl methyl sites for hydroxylation is 2. The number of carbonyl (C=O) groups is 1. The first-order valence-electron chi connectivity index (χ1n) is 9.71. The molecule has 9 heteroatoms. The topological polar surface area (TPSA) is 67.4 Å². The van der Waals surface area contributed by atoms with Crippen LogP contribution < -0.4 is 5.73 Å². The Hall–Kier alpha value is -0.530. The van der Waals surface area contributed by atoms with E-state index in [2.05, 4.69) is 28.7 Å². The molecule has 1 aromatic rings. The van der Waals surface area contributed by atoms with Gasteiger partial charge in [-0.25, -0.2) is 0 Å². The predicted molar refractivity (Wildman–Crippen MR) is 119 cm³/mol. The number of piperazine rings is 1. The first kappa shape index (κ1) is 25.5. The van der Waals surface area contributed by atoms with E-state index in [9.17, 15) is 4.79 Å². The van der Waals surface area contributed by atoms with E-state index in [0.717, 1.165) is 38.4 Å². The molecule has 3 aliphatic rings. The summed E-state index contributed by atoms with van der Waals surface area (Å²) in [7, 11) is 2.00. The van der Waals surface area contributed by atoms with E-state index < -0.39 is 0 Å². The third-order valence-corrected chi connectivity index (χ3v) is 6.99. The second-order valence-corrected chi connectivity index (χ2v) is 8.31. The standard InChI is InChI=1S/C19H31N5O.3ClH/c1-12-16(13(2)22(3)21-12)11-23-6-8-24(9-7-23)19(25)17-14-4-5-15(10-14)18(17)20;;;/h14-15,17-18H,4-11,20H2,1-3H3;3*1H. The summed E-state index contributed by atoms with van der Waals surface area (Å²) in [5.41, 5.74) is 10.1. The average Bonchev–Trinajstić information content (AvgIpc) is 3.25. The number of halogens is 3. The van der Waals surface area contributed by atoms with Crippen LogP contribution in [0.25, 0.3) is 0 Å². The number of hydrogen-bond donors (Lipinski definition) is 1. The van der Waals surface area contributed by atoms with Gasteiger partial charge in [-0.05, 0) is 44.9 Å². The summed E-state index contributed by atoms with van der Waals surface area (Å²) in [5, 5.41) is 4.51. The highest BCUT2D eigenvalue weighted by molar-refractivity contribution is 5.86. The molecule has 2 bridgehead atoms. The van der Waals surface area contributed by atoms with Crippen molar-refractivity contribution in [2.75, 3.05) is 26.2 Å². The Bertz CT molecular complexity index is 673. The van der Waals surface area contributed by atoms with Crippen molar-refractivity contribution in [3.8, 4) is 0 Å². The van der Waals surface area contributed by atoms with Crippen molar-refractivity contribution in [3.63, 3.8) is 0 Å². The number of amides is 1. The molecule has 1 saturated heterocycles. The van der Waals surface area contributed by atoms with Crippen molar-refractivity contribution in [2.24, 2.45) is 30.5 Å². The van der Waals surface area contributed by atoms with Crippen molar-refractivity contribution in [2.45, 2.75) is 45.7 Å². The lowest BCUT2D eigenvalue weighted by Gasteiger charge is -2.38. The molecule has 4 atom stereocenters. The molecule has 1 aromatic heterocycles. The minimum absolute atomic E-state index is 0. The van der Waals surface area contributed by atoms with Crippen LogP contribution >= 0.6 is 37.2 Å². The highest BCUT2D eigenvalue weighted by atomic mass is 35.5. The zero-order valence-corrected chi connectivity index (χ0v) is 19.4. The first-order chi connectivity index (χ1) is 12.0. The van der Waals surface area contributed by atoms with Crippen molar-refractivity contribution in [1.82, 2.24) is 19.6 Å². The van der Waals surface area contributed by atoms with E-state index in [4.69, 9.17) is 5.73 Å². The molecule has 2 aliphatic carbocycles. The van der Waals surface area contributed by atoms with Crippen LogP contribution in [-0.2, 0) is 18.4 Å². The largest absolute Gasteiger partial charge is 0.340 e. The fourth-order valence-electron chi connectivity index (χ4n) is 5.31. The first-order valence-corrected chi connectivity index (χ1v) is 9.71. The van der Waals surface area contributed by atoms with E-state index >= 15 is 0 Å². The number of rotatable bonds is 3. The molecule has 1 amide bonds. The number of aromatic nitrogens is 2. The van der Waals surface area contributed by atoms with E-state index in [1.807, 2.05) is 11.7 Å². The lowest BCUT2D eigenvalue weighted by atomic mass is 9.84. The molecule has 0 aromatic carbocycles. The summed E-state index contributed by atoms with van der Waals surface area (Å²) < 4.78 is 1.96. The minimum Gasteiger partial charge on any atom is -0.340 e. The van der Waals surface area contributed by atoms with Crippen LogP contribution in [0.1, 0.15) is 36.2 Å². The van der Waals surface area contributed by atoms with Gasteiger partial charge >= 0.3 is 0 Å². The number of nitrogens with two attached hydrogens (primary N) is 1. The maximum Gasteiger partial charge on any atom is 0.227 e. The van der Waals surface area contributed by atoms with Gasteiger partial charge in [-0.1, -0.05) is 0 Å². The van der Waals surface area contributed by atoms with Crippen LogP contribution in [-0.4, -0.2) is 57.7 Å². The van der Waals surface area contributed by atoms with Crippen molar-refractivity contribution < 1.29 is 4.79 Å². The van der Waals surface area contributed by atoms with Gasteiger partial charge in [0, 0.05) is 57.1 Å². The van der Waals surface area contributed by atoms with Crippen LogP contribution in [0.3, 0.4) is 0 Å². The number of nitrogens with zero attached hydrogens (tertiary/aromatic N) is 4. The second kappa shape index (κ2) is 9.98. The molecule has 0 spiro atoms. The Balaban J connectivity index is 0.00000131. The molecule has 4 rings (SSSR count). The lowest BCUT2D eigenvalue weighted by molar-refractivity contribution is -0.139. The van der Waals surface area contributed by atoms with Gasteiger partial charge in [-0.3, -0.25) is 14.4 Å². The monoisotopic (exact) mass is 453 g/mol. The van der Waals surface area contributed by atoms with Gasteiger partial charge in [0.2, 0.25) is 5.91 Å². The van der Waals surface area contributed by atoms with Crippen LogP contribution in [0.4, 0.5) is 0 Å². The van der Waals surface area contributed by atoms with E-state index in [1.165, 1.54) is 30.5 Å². The predicted octanol–water partition coefficient (Wildman–Crippen LogP) is 2.32. The fourth-order valence-corrected chi connectivity index (χ4v) is 5.31. The van der Waals surface area contributed by atoms with Gasteiger partial charge < -0.3 is 10.6 Å². The third-order valence-electron chi connectivity index (χ3n) is 6.99. The highest BCUT2D eigenvalue weighted by Crippen LogP contribution is 2.48. The Labute approximate surface area is 186 Å². The van der Waals surface area contributed by atoms with Crippen molar-refractivity contribution in [1.29, 1.82) is 0 Å². The quantitative estimate of drug-likeness (QED) is 0.761. The Kier molecular flexibility index (Phi) is 9.10. The second-order valence-electron chi connectivity index (χ2n) is 8.31. The minimum atomic E-state index is 0. The third kappa shape index (κ3) is 4.46. The molecule has 6 nitrogen and oxygen atoms in total. The number of carbonyl (C=O) groups excluding carboxylic acids is 1. The van der Waals surface area contributed by atoms with Gasteiger partial charge in [-0.2, -0.15) is 5.10 Å². The Morgan fingerprint density at radius 1 is 1.07 bits per heavy atom. The summed E-state index contributed by atoms with van der Waals surface area (Å²) in [6, 6.07) is 0.102. The SMILES string of the molecule is Cc1nn(C)c(C)c1CN1CCN(C(=O)C2C3CCC(C3)C2N)CC1.Cl.Cl.Cl. The average molecular weight is 455 g/mol. The molecule has 2 saturated carbocycles. The van der Waals surface area contributed by atoms with Crippen LogP contribution in [0.2, 0.25) is 0 Å². The summed E-state index contributed by atoms with van der Waals surface area (Å²) in [6.07, 6.45) is 3.61. The van der Waals surface area contributed by atoms with Crippen LogP contribution in [0.15, 0.2) is 0 Å². The molecule has 28 heavy (non-hydrogen) atoms. The van der Waals surface area contributed by atoms with Crippen LogP contribution in [0.5, 0.6) is 0 Å². The summed E-state index contributed by atoms with van der Waals surface area (Å²) >= 11 is 0. The maximum atomic E-state index is 13.0. The fraction of sp³-hybridized carbons (Fsp3) is 0.789.